The van der Waals surface area contributed by atoms with Gasteiger partial charge in [0.2, 0.25) is 5.90 Å². The lowest BCUT2D eigenvalue weighted by Crippen LogP contribution is -2.48. The lowest BCUT2D eigenvalue weighted by Gasteiger charge is -2.33. The highest BCUT2D eigenvalue weighted by Crippen LogP contribution is 2.44. The van der Waals surface area contributed by atoms with Crippen LogP contribution in [0.25, 0.3) is 11.1 Å². The monoisotopic (exact) mass is 572 g/mol. The molecule has 0 saturated heterocycles. The number of ether oxygens (including phenoxy) is 3. The van der Waals surface area contributed by atoms with Crippen LogP contribution < -0.4 is 4.74 Å². The molecule has 1 amide bonds. The van der Waals surface area contributed by atoms with Gasteiger partial charge < -0.3 is 24.2 Å². The molecule has 3 aromatic rings. The predicted molar refractivity (Wildman–Crippen MR) is 162 cm³/mol. The van der Waals surface area contributed by atoms with Crippen LogP contribution >= 0.6 is 0 Å². The van der Waals surface area contributed by atoms with Crippen molar-refractivity contribution in [1.82, 2.24) is 4.90 Å². The lowest BCUT2D eigenvalue weighted by atomic mass is 9.82. The topological polar surface area (TPSA) is 97.7 Å². The summed E-state index contributed by atoms with van der Waals surface area (Å²) in [6.07, 6.45) is -0.131. The predicted octanol–water partition coefficient (Wildman–Crippen LogP) is 5.58. The number of esters is 1. The van der Waals surface area contributed by atoms with Crippen molar-refractivity contribution in [2.75, 3.05) is 27.3 Å². The van der Waals surface area contributed by atoms with Gasteiger partial charge in [-0.15, -0.1) is 0 Å². The van der Waals surface area contributed by atoms with Crippen LogP contribution in [0.2, 0.25) is 0 Å². The fourth-order valence-electron chi connectivity index (χ4n) is 4.91. The zero-order valence-electron chi connectivity index (χ0n) is 25.0. The van der Waals surface area contributed by atoms with Crippen molar-refractivity contribution in [2.24, 2.45) is 4.99 Å². The van der Waals surface area contributed by atoms with Crippen molar-refractivity contribution in [3.05, 3.63) is 90.0 Å². The highest BCUT2D eigenvalue weighted by atomic mass is 16.6. The molecular weight excluding hydrogens is 532 g/mol. The van der Waals surface area contributed by atoms with Crippen LogP contribution in [0.15, 0.2) is 83.9 Å². The van der Waals surface area contributed by atoms with Crippen LogP contribution in [-0.2, 0) is 19.1 Å². The maximum atomic E-state index is 14.0. The minimum atomic E-state index is -1.39. The Labute approximate surface area is 247 Å². The molecule has 42 heavy (non-hydrogen) atoms. The number of aliphatic hydroxyl groups excluding tert-OH is 1. The molecule has 1 N–H and O–H groups in total. The molecule has 8 heteroatoms. The number of carbonyl (C=O) groups excluding carboxylic acids is 2. The van der Waals surface area contributed by atoms with Gasteiger partial charge in [-0.25, -0.2) is 4.99 Å². The van der Waals surface area contributed by atoms with Gasteiger partial charge in [0.1, 0.15) is 11.4 Å². The Hall–Kier alpha value is -4.17. The Morgan fingerprint density at radius 3 is 2.14 bits per heavy atom. The molecule has 0 bridgehead atoms. The van der Waals surface area contributed by atoms with Crippen molar-refractivity contribution in [3.63, 3.8) is 0 Å². The minimum Gasteiger partial charge on any atom is -0.494 e. The number of carbonyl (C=O) groups is 2. The number of hydrogen-bond donors (Lipinski definition) is 1. The van der Waals surface area contributed by atoms with Gasteiger partial charge in [0.25, 0.3) is 5.91 Å². The van der Waals surface area contributed by atoms with Gasteiger partial charge in [-0.3, -0.25) is 9.59 Å². The molecule has 4 rings (SSSR count). The van der Waals surface area contributed by atoms with Gasteiger partial charge in [0.15, 0.2) is 11.6 Å². The molecule has 0 spiro atoms. The Morgan fingerprint density at radius 2 is 1.55 bits per heavy atom. The van der Waals surface area contributed by atoms with E-state index < -0.39 is 23.2 Å². The first-order chi connectivity index (χ1) is 20.0. The van der Waals surface area contributed by atoms with E-state index in [0.29, 0.717) is 30.2 Å². The van der Waals surface area contributed by atoms with E-state index in [4.69, 9.17) is 24.3 Å². The third-order valence-corrected chi connectivity index (χ3v) is 6.86. The minimum absolute atomic E-state index is 0.00672. The van der Waals surface area contributed by atoms with Crippen LogP contribution in [-0.4, -0.2) is 66.2 Å². The second-order valence-electron chi connectivity index (χ2n) is 11.6. The van der Waals surface area contributed by atoms with E-state index in [1.165, 1.54) is 4.90 Å². The van der Waals surface area contributed by atoms with Gasteiger partial charge in [-0.05, 0) is 68.1 Å². The SMILES string of the molecule is CN(C)C(=O)[C@]1(CCC(=O)OC(C)(C)C)N=C(c2ccc(OCCCO)cc2)O[C@@H]1c1ccc(-c2ccccc2)cc1. The van der Waals surface area contributed by atoms with E-state index in [0.717, 1.165) is 16.7 Å². The quantitative estimate of drug-likeness (QED) is 0.238. The molecular formula is C34H40N2O6. The highest BCUT2D eigenvalue weighted by Gasteiger charge is 2.54. The number of aliphatic imine (C=N–C) groups is 1. The molecule has 1 aliphatic heterocycles. The Balaban J connectivity index is 1.72. The van der Waals surface area contributed by atoms with Crippen molar-refractivity contribution in [3.8, 4) is 16.9 Å². The fraction of sp³-hybridized carbons (Fsp3) is 0.382. The third kappa shape index (κ3) is 7.36. The summed E-state index contributed by atoms with van der Waals surface area (Å²) in [5, 5.41) is 9.02. The summed E-state index contributed by atoms with van der Waals surface area (Å²) in [6, 6.07) is 25.2. The summed E-state index contributed by atoms with van der Waals surface area (Å²) in [7, 11) is 3.36. The van der Waals surface area contributed by atoms with Crippen molar-refractivity contribution >= 4 is 17.8 Å². The molecule has 0 aromatic heterocycles. The van der Waals surface area contributed by atoms with E-state index in [1.807, 2.05) is 87.5 Å². The molecule has 0 radical (unpaired) electrons. The molecule has 3 aromatic carbocycles. The first-order valence-corrected chi connectivity index (χ1v) is 14.2. The van der Waals surface area contributed by atoms with Crippen molar-refractivity contribution < 1.29 is 28.9 Å². The van der Waals surface area contributed by atoms with Crippen LogP contribution in [0.1, 0.15) is 57.3 Å². The van der Waals surface area contributed by atoms with Gasteiger partial charge in [-0.2, -0.15) is 0 Å². The van der Waals surface area contributed by atoms with Gasteiger partial charge in [0.05, 0.1) is 6.61 Å². The summed E-state index contributed by atoms with van der Waals surface area (Å²) in [6.45, 7) is 5.90. The van der Waals surface area contributed by atoms with E-state index >= 15 is 0 Å². The number of benzene rings is 3. The van der Waals surface area contributed by atoms with Crippen LogP contribution in [0, 0.1) is 0 Å². The van der Waals surface area contributed by atoms with E-state index in [1.54, 1.807) is 26.2 Å². The zero-order valence-corrected chi connectivity index (χ0v) is 25.0. The summed E-state index contributed by atoms with van der Waals surface area (Å²) >= 11 is 0. The molecule has 1 heterocycles. The standard InChI is InChI=1S/C34H40N2O6/c1-33(2,3)42-29(38)20-21-34(32(39)36(4)5)30(26-14-12-25(13-15-26)24-10-7-6-8-11-24)41-31(35-34)27-16-18-28(19-17-27)40-23-9-22-37/h6-8,10-19,30,37H,9,20-23H2,1-5H3/t30-,34-/m1/s1. The smallest absolute Gasteiger partial charge is 0.306 e. The number of nitrogens with zero attached hydrogens (tertiary/aromatic N) is 2. The van der Waals surface area contributed by atoms with Crippen molar-refractivity contribution in [2.45, 2.75) is 57.3 Å². The molecule has 2 atom stereocenters. The number of likely N-dealkylation sites (N-methyl/N-ethyl adjacent to an activating group) is 1. The molecule has 8 nitrogen and oxygen atoms in total. The summed E-state index contributed by atoms with van der Waals surface area (Å²) in [5.41, 5.74) is 1.53. The van der Waals surface area contributed by atoms with Crippen LogP contribution in [0.3, 0.4) is 0 Å². The number of rotatable bonds is 11. The normalized spacial score (nSPS) is 18.1. The molecule has 0 saturated carbocycles. The second-order valence-corrected chi connectivity index (χ2v) is 11.6. The average Bonchev–Trinajstić information content (AvgIpc) is 3.36. The van der Waals surface area contributed by atoms with Crippen LogP contribution in [0.5, 0.6) is 5.75 Å². The largest absolute Gasteiger partial charge is 0.494 e. The second kappa shape index (κ2) is 13.2. The van der Waals surface area contributed by atoms with E-state index in [2.05, 4.69) is 0 Å². The molecule has 1 aliphatic rings. The van der Waals surface area contributed by atoms with Gasteiger partial charge in [0, 0.05) is 39.1 Å². The Bertz CT molecular complexity index is 1380. The number of aliphatic hydroxyl groups is 1. The van der Waals surface area contributed by atoms with Gasteiger partial charge >= 0.3 is 5.97 Å². The first-order valence-electron chi connectivity index (χ1n) is 14.2. The maximum Gasteiger partial charge on any atom is 0.306 e. The Kier molecular flexibility index (Phi) is 9.68. The first kappa shape index (κ1) is 30.8. The zero-order chi connectivity index (χ0) is 30.3. The maximum absolute atomic E-state index is 14.0. The average molecular weight is 573 g/mol. The molecule has 0 aliphatic carbocycles. The molecule has 222 valence electrons. The van der Waals surface area contributed by atoms with Crippen molar-refractivity contribution in [1.29, 1.82) is 0 Å². The number of amides is 1. The highest BCUT2D eigenvalue weighted by molar-refractivity contribution is 6.01. The molecule has 0 unspecified atom stereocenters. The number of hydrogen-bond acceptors (Lipinski definition) is 7. The summed E-state index contributed by atoms with van der Waals surface area (Å²) in [5.74, 6) is 0.301. The van der Waals surface area contributed by atoms with Gasteiger partial charge in [-0.1, -0.05) is 54.6 Å². The lowest BCUT2D eigenvalue weighted by molar-refractivity contribution is -0.155. The summed E-state index contributed by atoms with van der Waals surface area (Å²) in [4.78, 5) is 33.2. The Morgan fingerprint density at radius 1 is 0.929 bits per heavy atom. The van der Waals surface area contributed by atoms with E-state index in [9.17, 15) is 9.59 Å². The van der Waals surface area contributed by atoms with Crippen LogP contribution in [0.4, 0.5) is 0 Å². The third-order valence-electron chi connectivity index (χ3n) is 6.86. The molecule has 0 fully saturated rings. The fourth-order valence-corrected chi connectivity index (χ4v) is 4.91. The van der Waals surface area contributed by atoms with E-state index in [-0.39, 0.29) is 25.4 Å². The summed E-state index contributed by atoms with van der Waals surface area (Å²) < 4.78 is 17.7.